The van der Waals surface area contributed by atoms with Crippen molar-refractivity contribution in [3.05, 3.63) is 0 Å². The van der Waals surface area contributed by atoms with Crippen LogP contribution in [0.2, 0.25) is 0 Å². The molecule has 0 aromatic rings. The molecule has 5 heteroatoms. The summed E-state index contributed by atoms with van der Waals surface area (Å²) in [5.74, 6) is 0. The molecule has 19 heavy (non-hydrogen) atoms. The zero-order chi connectivity index (χ0) is 14.5. The Balaban J connectivity index is 2.79. The molecule has 0 spiro atoms. The summed E-state index contributed by atoms with van der Waals surface area (Å²) in [5, 5.41) is 9.10. The van der Waals surface area contributed by atoms with Crippen molar-refractivity contribution >= 4 is 0 Å². The Hall–Kier alpha value is -0.670. The average molecular weight is 271 g/mol. The number of nitrogens with zero attached hydrogens (tertiary/aromatic N) is 1. The molecule has 0 unspecified atom stereocenters. The summed E-state index contributed by atoms with van der Waals surface area (Å²) in [7, 11) is 5.00. The highest BCUT2D eigenvalue weighted by molar-refractivity contribution is 5.00. The molecular weight excluding hydrogens is 246 g/mol. The highest BCUT2D eigenvalue weighted by atomic mass is 16.5. The van der Waals surface area contributed by atoms with E-state index in [-0.39, 0.29) is 23.7 Å². The maximum absolute atomic E-state index is 9.10. The van der Waals surface area contributed by atoms with Gasteiger partial charge in [-0.3, -0.25) is 0 Å². The minimum Gasteiger partial charge on any atom is -0.382 e. The molecule has 0 bridgehead atoms. The first-order chi connectivity index (χ1) is 8.99. The van der Waals surface area contributed by atoms with Gasteiger partial charge in [-0.05, 0) is 0 Å². The number of methoxy groups -OCH3 is 3. The fraction of sp³-hybridized carbons (Fsp3) is 0.929. The lowest BCUT2D eigenvalue weighted by Gasteiger charge is -2.46. The van der Waals surface area contributed by atoms with Gasteiger partial charge >= 0.3 is 0 Å². The van der Waals surface area contributed by atoms with Gasteiger partial charge in [-0.25, -0.2) is 0 Å². The predicted molar refractivity (Wildman–Crippen MR) is 70.8 cm³/mol. The Bertz CT molecular complexity index is 313. The molecule has 0 aliphatic carbocycles. The first-order valence-corrected chi connectivity index (χ1v) is 6.59. The van der Waals surface area contributed by atoms with Crippen LogP contribution in [0.15, 0.2) is 0 Å². The van der Waals surface area contributed by atoms with Crippen molar-refractivity contribution in [2.45, 2.75) is 51.1 Å². The van der Waals surface area contributed by atoms with Gasteiger partial charge in [0.2, 0.25) is 0 Å². The maximum atomic E-state index is 9.10. The summed E-state index contributed by atoms with van der Waals surface area (Å²) < 4.78 is 22.0. The molecule has 1 heterocycles. The minimum absolute atomic E-state index is 0.0101. The number of rotatable bonds is 6. The van der Waals surface area contributed by atoms with Gasteiger partial charge in [0.25, 0.3) is 0 Å². The molecule has 110 valence electrons. The molecule has 1 rings (SSSR count). The van der Waals surface area contributed by atoms with Crippen molar-refractivity contribution < 1.29 is 18.9 Å². The molecule has 0 N–H and O–H groups in total. The molecule has 1 fully saturated rings. The van der Waals surface area contributed by atoms with E-state index in [4.69, 9.17) is 24.2 Å². The lowest BCUT2D eigenvalue weighted by molar-refractivity contribution is -0.180. The monoisotopic (exact) mass is 271 g/mol. The van der Waals surface area contributed by atoms with Crippen molar-refractivity contribution in [1.29, 1.82) is 5.26 Å². The van der Waals surface area contributed by atoms with Crippen molar-refractivity contribution in [3.63, 3.8) is 0 Å². The summed E-state index contributed by atoms with van der Waals surface area (Å²) in [6.45, 7) is 4.74. The van der Waals surface area contributed by atoms with E-state index in [0.29, 0.717) is 19.4 Å². The fourth-order valence-electron chi connectivity index (χ4n) is 2.63. The molecule has 0 aromatic heterocycles. The Morgan fingerprint density at radius 3 is 2.53 bits per heavy atom. The van der Waals surface area contributed by atoms with Gasteiger partial charge in [-0.1, -0.05) is 13.8 Å². The average Bonchev–Trinajstić information content (AvgIpc) is 2.39. The maximum Gasteiger partial charge on any atom is 0.146 e. The SMILES string of the molecule is COC[C@@H](C[C@H]1O[C@H](C#N)C[C@@H](OC)C1(C)C)OC. The standard InChI is InChI=1S/C14H25NO4/c1-14(2)12(18-5)6-10(8-15)19-13(14)7-11(17-4)9-16-3/h10-13H,6-7,9H2,1-5H3/t10-,11+,12+,13+/m0/s1. The first kappa shape index (κ1) is 16.4. The van der Waals surface area contributed by atoms with Crippen LogP contribution >= 0.6 is 0 Å². The molecule has 0 radical (unpaired) electrons. The normalized spacial score (nSPS) is 31.7. The number of hydrogen-bond acceptors (Lipinski definition) is 5. The largest absolute Gasteiger partial charge is 0.382 e. The van der Waals surface area contributed by atoms with Crippen molar-refractivity contribution in [2.24, 2.45) is 5.41 Å². The summed E-state index contributed by atoms with van der Waals surface area (Å²) in [6, 6.07) is 2.18. The molecule has 1 aliphatic heterocycles. The van der Waals surface area contributed by atoms with Gasteiger partial charge < -0.3 is 18.9 Å². The molecule has 0 aromatic carbocycles. The topological polar surface area (TPSA) is 60.7 Å². The van der Waals surface area contributed by atoms with Crippen molar-refractivity contribution in [2.75, 3.05) is 27.9 Å². The van der Waals surface area contributed by atoms with E-state index < -0.39 is 6.10 Å². The predicted octanol–water partition coefficient (Wildman–Crippen LogP) is 1.76. The third kappa shape index (κ3) is 3.90. The van der Waals surface area contributed by atoms with E-state index in [1.54, 1.807) is 21.3 Å². The first-order valence-electron chi connectivity index (χ1n) is 6.59. The van der Waals surface area contributed by atoms with Crippen LogP contribution in [0, 0.1) is 16.7 Å². The zero-order valence-corrected chi connectivity index (χ0v) is 12.5. The van der Waals surface area contributed by atoms with Gasteiger partial charge in [-0.15, -0.1) is 0 Å². The quantitative estimate of drug-likeness (QED) is 0.736. The van der Waals surface area contributed by atoms with Crippen LogP contribution in [0.25, 0.3) is 0 Å². The van der Waals surface area contributed by atoms with Crippen LogP contribution in [-0.4, -0.2) is 52.4 Å². The highest BCUT2D eigenvalue weighted by Gasteiger charge is 2.46. The Kier molecular flexibility index (Phi) is 6.21. The molecule has 0 amide bonds. The molecular formula is C14H25NO4. The van der Waals surface area contributed by atoms with E-state index in [1.807, 2.05) is 0 Å². The zero-order valence-electron chi connectivity index (χ0n) is 12.5. The Morgan fingerprint density at radius 1 is 1.37 bits per heavy atom. The van der Waals surface area contributed by atoms with Crippen LogP contribution in [-0.2, 0) is 18.9 Å². The van der Waals surface area contributed by atoms with E-state index >= 15 is 0 Å². The third-order valence-corrected chi connectivity index (χ3v) is 4.01. The van der Waals surface area contributed by atoms with Gasteiger partial charge in [0.15, 0.2) is 0 Å². The van der Waals surface area contributed by atoms with Gasteiger partial charge in [0.1, 0.15) is 6.10 Å². The van der Waals surface area contributed by atoms with Gasteiger partial charge in [0, 0.05) is 39.6 Å². The van der Waals surface area contributed by atoms with Crippen LogP contribution < -0.4 is 0 Å². The minimum atomic E-state index is -0.414. The van der Waals surface area contributed by atoms with Gasteiger partial charge in [0.05, 0.1) is 31.0 Å². The molecule has 0 saturated carbocycles. The van der Waals surface area contributed by atoms with E-state index in [1.165, 1.54) is 0 Å². The summed E-state index contributed by atoms with van der Waals surface area (Å²) in [5.41, 5.74) is -0.160. The van der Waals surface area contributed by atoms with E-state index in [9.17, 15) is 0 Å². The molecule has 1 aliphatic rings. The molecule has 4 atom stereocenters. The second kappa shape index (κ2) is 7.20. The molecule has 1 saturated heterocycles. The fourth-order valence-corrected chi connectivity index (χ4v) is 2.63. The Morgan fingerprint density at radius 2 is 2.05 bits per heavy atom. The second-order valence-corrected chi connectivity index (χ2v) is 5.57. The van der Waals surface area contributed by atoms with Crippen molar-refractivity contribution in [3.8, 4) is 6.07 Å². The van der Waals surface area contributed by atoms with Crippen LogP contribution in [0.3, 0.4) is 0 Å². The van der Waals surface area contributed by atoms with Crippen LogP contribution in [0.4, 0.5) is 0 Å². The van der Waals surface area contributed by atoms with Crippen LogP contribution in [0.1, 0.15) is 26.7 Å². The second-order valence-electron chi connectivity index (χ2n) is 5.57. The number of nitriles is 1. The number of hydrogen-bond donors (Lipinski definition) is 0. The molecule has 5 nitrogen and oxygen atoms in total. The summed E-state index contributed by atoms with van der Waals surface area (Å²) >= 11 is 0. The Labute approximate surface area is 115 Å². The summed E-state index contributed by atoms with van der Waals surface area (Å²) in [6.07, 6.45) is 0.771. The van der Waals surface area contributed by atoms with E-state index in [2.05, 4.69) is 19.9 Å². The third-order valence-electron chi connectivity index (χ3n) is 4.01. The number of ether oxygens (including phenoxy) is 4. The van der Waals surface area contributed by atoms with Crippen molar-refractivity contribution in [1.82, 2.24) is 0 Å². The smallest absolute Gasteiger partial charge is 0.146 e. The van der Waals surface area contributed by atoms with Gasteiger partial charge in [-0.2, -0.15) is 5.26 Å². The highest BCUT2D eigenvalue weighted by Crippen LogP contribution is 2.40. The lowest BCUT2D eigenvalue weighted by Crippen LogP contribution is -2.52. The lowest BCUT2D eigenvalue weighted by atomic mass is 9.74. The van der Waals surface area contributed by atoms with E-state index in [0.717, 1.165) is 0 Å². The van der Waals surface area contributed by atoms with Crippen LogP contribution in [0.5, 0.6) is 0 Å². The summed E-state index contributed by atoms with van der Waals surface area (Å²) in [4.78, 5) is 0.